The third kappa shape index (κ3) is 4.49. The molecule has 4 heteroatoms. The Morgan fingerprint density at radius 1 is 1.33 bits per heavy atom. The Balaban J connectivity index is 4.23. The normalized spacial score (nSPS) is 11.2. The van der Waals surface area contributed by atoms with E-state index in [1.807, 2.05) is 6.92 Å². The predicted octanol–water partition coefficient (Wildman–Crippen LogP) is -1.40. The van der Waals surface area contributed by atoms with Crippen LogP contribution in [0.5, 0.6) is 0 Å². The lowest BCUT2D eigenvalue weighted by molar-refractivity contribution is -0.303. The second-order valence-electron chi connectivity index (χ2n) is 2.38. The zero-order valence-corrected chi connectivity index (χ0v) is 6.83. The Morgan fingerprint density at radius 3 is 2.25 bits per heavy atom. The van der Waals surface area contributed by atoms with Gasteiger partial charge in [-0.05, 0) is 24.5 Å². The lowest BCUT2D eigenvalue weighted by Gasteiger charge is -2.07. The van der Waals surface area contributed by atoms with Gasteiger partial charge in [-0.2, -0.15) is 0 Å². The van der Waals surface area contributed by atoms with Crippen molar-refractivity contribution in [3.05, 3.63) is 11.6 Å². The van der Waals surface area contributed by atoms with Crippen LogP contribution >= 0.6 is 0 Å². The Kier molecular flexibility index (Phi) is 4.76. The lowest BCUT2D eigenvalue weighted by atomic mass is 10.1. The summed E-state index contributed by atoms with van der Waals surface area (Å²) in [7, 11) is 0. The van der Waals surface area contributed by atoms with Crippen LogP contribution < -0.4 is 10.2 Å². The van der Waals surface area contributed by atoms with Crippen molar-refractivity contribution in [3.63, 3.8) is 0 Å². The van der Waals surface area contributed by atoms with Crippen molar-refractivity contribution in [2.24, 2.45) is 0 Å². The largest absolute Gasteiger partial charge is 0.545 e. The molecule has 0 aromatic carbocycles. The smallest absolute Gasteiger partial charge is 0.0675 e. The van der Waals surface area contributed by atoms with E-state index in [1.54, 1.807) is 0 Å². The molecule has 4 nitrogen and oxygen atoms in total. The SMILES string of the molecule is CCCC/C(=C\C(=O)[O-])C(=O)[O-]. The molecule has 0 heterocycles. The number of hydrogen-bond acceptors (Lipinski definition) is 4. The van der Waals surface area contributed by atoms with E-state index in [-0.39, 0.29) is 12.0 Å². The molecule has 0 aliphatic rings. The summed E-state index contributed by atoms with van der Waals surface area (Å²) in [5, 5.41) is 20.3. The number of carboxylic acids is 2. The first-order valence-corrected chi connectivity index (χ1v) is 3.70. The molecule has 0 bridgehead atoms. The molecule has 0 aromatic heterocycles. The molecule has 0 aliphatic heterocycles. The lowest BCUT2D eigenvalue weighted by Crippen LogP contribution is -2.27. The fourth-order valence-corrected chi connectivity index (χ4v) is 0.743. The summed E-state index contributed by atoms with van der Waals surface area (Å²) in [5.74, 6) is -2.93. The quantitative estimate of drug-likeness (QED) is 0.475. The van der Waals surface area contributed by atoms with E-state index < -0.39 is 11.9 Å². The third-order valence-corrected chi connectivity index (χ3v) is 1.35. The molecule has 0 fully saturated rings. The molecule has 0 saturated heterocycles. The highest BCUT2D eigenvalue weighted by Gasteiger charge is 1.97. The molecule has 0 rings (SSSR count). The zero-order chi connectivity index (χ0) is 9.56. The van der Waals surface area contributed by atoms with E-state index in [0.717, 1.165) is 6.42 Å². The fourth-order valence-electron chi connectivity index (χ4n) is 0.743. The first-order valence-electron chi connectivity index (χ1n) is 3.70. The second-order valence-corrected chi connectivity index (χ2v) is 2.38. The van der Waals surface area contributed by atoms with Crippen LogP contribution in [0.1, 0.15) is 26.2 Å². The standard InChI is InChI=1S/C8H12O4/c1-2-3-4-6(8(11)12)5-7(9)10/h5H,2-4H2,1H3,(H,9,10)(H,11,12)/p-2/b6-5+. The van der Waals surface area contributed by atoms with Gasteiger partial charge in [0.05, 0.1) is 11.9 Å². The summed E-state index contributed by atoms with van der Waals surface area (Å²) in [6.07, 6.45) is 2.22. The molecule has 0 radical (unpaired) electrons. The minimum atomic E-state index is -1.50. The van der Waals surface area contributed by atoms with Crippen LogP contribution in [0.25, 0.3) is 0 Å². The van der Waals surface area contributed by atoms with Gasteiger partial charge in [-0.25, -0.2) is 0 Å². The van der Waals surface area contributed by atoms with Gasteiger partial charge in [0, 0.05) is 0 Å². The fraction of sp³-hybridized carbons (Fsp3) is 0.500. The molecule has 0 saturated carbocycles. The number of carbonyl (C=O) groups is 2. The highest BCUT2D eigenvalue weighted by atomic mass is 16.4. The summed E-state index contributed by atoms with van der Waals surface area (Å²) < 4.78 is 0. The Labute approximate surface area is 70.5 Å². The number of carbonyl (C=O) groups excluding carboxylic acids is 2. The Bertz CT molecular complexity index is 205. The molecule has 0 aliphatic carbocycles. The van der Waals surface area contributed by atoms with E-state index in [1.165, 1.54) is 0 Å². The van der Waals surface area contributed by atoms with Crippen LogP contribution in [0.3, 0.4) is 0 Å². The summed E-state index contributed by atoms with van der Waals surface area (Å²) >= 11 is 0. The van der Waals surface area contributed by atoms with Crippen LogP contribution in [-0.2, 0) is 9.59 Å². The van der Waals surface area contributed by atoms with Crippen LogP contribution in [-0.4, -0.2) is 11.9 Å². The van der Waals surface area contributed by atoms with Crippen LogP contribution in [0.2, 0.25) is 0 Å². The summed E-state index contributed by atoms with van der Waals surface area (Å²) in [4.78, 5) is 20.3. The van der Waals surface area contributed by atoms with Crippen molar-refractivity contribution in [3.8, 4) is 0 Å². The van der Waals surface area contributed by atoms with Crippen molar-refractivity contribution in [2.45, 2.75) is 26.2 Å². The number of rotatable bonds is 5. The van der Waals surface area contributed by atoms with Gasteiger partial charge in [0.25, 0.3) is 0 Å². The maximum absolute atomic E-state index is 10.3. The second kappa shape index (κ2) is 5.35. The molecule has 0 spiro atoms. The maximum Gasteiger partial charge on any atom is 0.0675 e. The first-order chi connectivity index (χ1) is 5.57. The number of unbranched alkanes of at least 4 members (excludes halogenated alkanes) is 1. The van der Waals surface area contributed by atoms with Crippen LogP contribution in [0.15, 0.2) is 11.6 Å². The summed E-state index contributed by atoms with van der Waals surface area (Å²) in [6, 6.07) is 0. The number of carboxylic acid groups (broad SMARTS) is 2. The van der Waals surface area contributed by atoms with Crippen LogP contribution in [0, 0.1) is 0 Å². The highest BCUT2D eigenvalue weighted by Crippen LogP contribution is 2.05. The minimum Gasteiger partial charge on any atom is -0.545 e. The molecule has 0 unspecified atom stereocenters. The van der Waals surface area contributed by atoms with E-state index in [4.69, 9.17) is 0 Å². The van der Waals surface area contributed by atoms with E-state index in [0.29, 0.717) is 12.5 Å². The van der Waals surface area contributed by atoms with Crippen molar-refractivity contribution in [2.75, 3.05) is 0 Å². The average molecular weight is 170 g/mol. The van der Waals surface area contributed by atoms with Gasteiger partial charge >= 0.3 is 0 Å². The molecular weight excluding hydrogens is 160 g/mol. The monoisotopic (exact) mass is 170 g/mol. The van der Waals surface area contributed by atoms with Gasteiger partial charge in [0.15, 0.2) is 0 Å². The predicted molar refractivity (Wildman–Crippen MR) is 37.6 cm³/mol. The van der Waals surface area contributed by atoms with E-state index in [9.17, 15) is 19.8 Å². The summed E-state index contributed by atoms with van der Waals surface area (Å²) in [6.45, 7) is 1.88. The van der Waals surface area contributed by atoms with Gasteiger partial charge in [-0.15, -0.1) is 0 Å². The minimum absolute atomic E-state index is 0.211. The topological polar surface area (TPSA) is 80.3 Å². The zero-order valence-electron chi connectivity index (χ0n) is 6.83. The third-order valence-electron chi connectivity index (χ3n) is 1.35. The van der Waals surface area contributed by atoms with Crippen molar-refractivity contribution in [1.82, 2.24) is 0 Å². The van der Waals surface area contributed by atoms with Crippen molar-refractivity contribution >= 4 is 11.9 Å². The van der Waals surface area contributed by atoms with E-state index >= 15 is 0 Å². The average Bonchev–Trinajstić information content (AvgIpc) is 1.96. The van der Waals surface area contributed by atoms with E-state index in [2.05, 4.69) is 0 Å². The molecule has 0 aromatic rings. The molecule has 0 atom stereocenters. The highest BCUT2D eigenvalue weighted by molar-refractivity contribution is 5.92. The molecular formula is C8H10O4-2. The van der Waals surface area contributed by atoms with Gasteiger partial charge in [-0.3, -0.25) is 0 Å². The molecule has 68 valence electrons. The molecule has 0 amide bonds. The van der Waals surface area contributed by atoms with Crippen LogP contribution in [0.4, 0.5) is 0 Å². The first kappa shape index (κ1) is 10.7. The molecule has 0 N–H and O–H groups in total. The van der Waals surface area contributed by atoms with Gasteiger partial charge in [0.1, 0.15) is 0 Å². The molecule has 12 heavy (non-hydrogen) atoms. The van der Waals surface area contributed by atoms with Gasteiger partial charge in [0.2, 0.25) is 0 Å². The van der Waals surface area contributed by atoms with Crippen molar-refractivity contribution in [1.29, 1.82) is 0 Å². The Hall–Kier alpha value is -1.32. The number of hydrogen-bond donors (Lipinski definition) is 0. The summed E-state index contributed by atoms with van der Waals surface area (Å²) in [5.41, 5.74) is -0.211. The van der Waals surface area contributed by atoms with Gasteiger partial charge in [-0.1, -0.05) is 13.3 Å². The van der Waals surface area contributed by atoms with Gasteiger partial charge < -0.3 is 19.8 Å². The maximum atomic E-state index is 10.3. The van der Waals surface area contributed by atoms with Crippen molar-refractivity contribution < 1.29 is 19.8 Å². The number of aliphatic carboxylic acids is 2. The Morgan fingerprint density at radius 2 is 1.92 bits per heavy atom.